The minimum absolute atomic E-state index is 0.0459. The molecule has 24 heavy (non-hydrogen) atoms. The lowest BCUT2D eigenvalue weighted by atomic mass is 9.98. The topological polar surface area (TPSA) is 45.2 Å². The third kappa shape index (κ3) is 4.45. The van der Waals surface area contributed by atoms with Gasteiger partial charge in [0, 0.05) is 30.6 Å². The van der Waals surface area contributed by atoms with Crippen molar-refractivity contribution in [2.24, 2.45) is 0 Å². The lowest BCUT2D eigenvalue weighted by molar-refractivity contribution is -0.122. The molecule has 1 heterocycles. The van der Waals surface area contributed by atoms with Crippen LogP contribution in [0.25, 0.3) is 0 Å². The van der Waals surface area contributed by atoms with Gasteiger partial charge in [0.25, 0.3) is 0 Å². The van der Waals surface area contributed by atoms with Gasteiger partial charge in [-0.05, 0) is 24.7 Å². The van der Waals surface area contributed by atoms with Crippen LogP contribution in [-0.4, -0.2) is 35.9 Å². The second kappa shape index (κ2) is 8.31. The van der Waals surface area contributed by atoms with Crippen LogP contribution in [0, 0.1) is 11.6 Å². The molecule has 1 amide bonds. The quantitative estimate of drug-likeness (QED) is 0.794. The van der Waals surface area contributed by atoms with Gasteiger partial charge in [0.15, 0.2) is 0 Å². The van der Waals surface area contributed by atoms with Gasteiger partial charge in [-0.15, -0.1) is 6.58 Å². The summed E-state index contributed by atoms with van der Waals surface area (Å²) in [5.41, 5.74) is 0.991. The largest absolute Gasteiger partial charge is 0.352 e. The Labute approximate surface area is 139 Å². The van der Waals surface area contributed by atoms with E-state index in [9.17, 15) is 13.6 Å². The number of carbonyl (C=O) groups is 1. The van der Waals surface area contributed by atoms with Crippen molar-refractivity contribution in [3.05, 3.63) is 78.1 Å². The molecule has 2 aromatic rings. The molecule has 1 unspecified atom stereocenters. The highest BCUT2D eigenvalue weighted by Crippen LogP contribution is 2.29. The predicted octanol–water partition coefficient (Wildman–Crippen LogP) is 2.68. The first-order valence-electron chi connectivity index (χ1n) is 7.45. The van der Waals surface area contributed by atoms with E-state index in [-0.39, 0.29) is 18.0 Å². The number of hydrogen-bond donors (Lipinski definition) is 1. The second-order valence-electron chi connectivity index (χ2n) is 5.36. The molecule has 1 N–H and O–H groups in total. The van der Waals surface area contributed by atoms with Crippen LogP contribution in [-0.2, 0) is 4.79 Å². The van der Waals surface area contributed by atoms with E-state index in [2.05, 4.69) is 16.9 Å². The molecular weight excluding hydrogens is 312 g/mol. The Balaban J connectivity index is 2.33. The van der Waals surface area contributed by atoms with Crippen LogP contribution in [0.5, 0.6) is 0 Å². The van der Waals surface area contributed by atoms with E-state index in [1.165, 1.54) is 12.1 Å². The Morgan fingerprint density at radius 2 is 2.21 bits per heavy atom. The predicted molar refractivity (Wildman–Crippen MR) is 88.3 cm³/mol. The van der Waals surface area contributed by atoms with Crippen molar-refractivity contribution in [2.75, 3.05) is 20.1 Å². The smallest absolute Gasteiger partial charge is 0.234 e. The number of benzene rings is 1. The molecule has 0 fully saturated rings. The molecule has 0 aliphatic heterocycles. The van der Waals surface area contributed by atoms with Crippen LogP contribution in [0.1, 0.15) is 17.2 Å². The monoisotopic (exact) mass is 331 g/mol. The van der Waals surface area contributed by atoms with Crippen LogP contribution in [0.2, 0.25) is 0 Å². The first-order valence-corrected chi connectivity index (χ1v) is 7.45. The van der Waals surface area contributed by atoms with E-state index in [1.807, 2.05) is 0 Å². The number of rotatable bonds is 7. The number of hydrogen-bond acceptors (Lipinski definition) is 3. The number of pyridine rings is 1. The number of nitrogens with zero attached hydrogens (tertiary/aromatic N) is 2. The summed E-state index contributed by atoms with van der Waals surface area (Å²) in [7, 11) is 1.70. The molecule has 126 valence electrons. The van der Waals surface area contributed by atoms with Gasteiger partial charge >= 0.3 is 0 Å². The lowest BCUT2D eigenvalue weighted by Crippen LogP contribution is -2.37. The van der Waals surface area contributed by atoms with Gasteiger partial charge in [0.05, 0.1) is 12.6 Å². The molecule has 1 atom stereocenters. The number of halogens is 2. The molecular formula is C18H19F2N3O. The van der Waals surface area contributed by atoms with Gasteiger partial charge < -0.3 is 5.32 Å². The van der Waals surface area contributed by atoms with Crippen molar-refractivity contribution in [1.29, 1.82) is 0 Å². The molecule has 0 spiro atoms. The van der Waals surface area contributed by atoms with E-state index in [1.54, 1.807) is 42.6 Å². The summed E-state index contributed by atoms with van der Waals surface area (Å²) in [5.74, 6) is -1.52. The standard InChI is InChI=1S/C18H19F2N3O/c1-3-8-22-17(24)12-23(2)18(13-5-4-9-21-11-13)15-7-6-14(19)10-16(15)20/h3-7,9-11,18H,1,8,12H2,2H3,(H,22,24). The van der Waals surface area contributed by atoms with Crippen molar-refractivity contribution in [3.63, 3.8) is 0 Å². The summed E-state index contributed by atoms with van der Waals surface area (Å²) in [4.78, 5) is 17.7. The summed E-state index contributed by atoms with van der Waals surface area (Å²) in [6.07, 6.45) is 4.79. The molecule has 0 saturated carbocycles. The minimum Gasteiger partial charge on any atom is -0.352 e. The summed E-state index contributed by atoms with van der Waals surface area (Å²) >= 11 is 0. The molecule has 0 aliphatic rings. The van der Waals surface area contributed by atoms with Gasteiger partial charge in [-0.25, -0.2) is 8.78 Å². The number of aromatic nitrogens is 1. The highest BCUT2D eigenvalue weighted by molar-refractivity contribution is 5.78. The average Bonchev–Trinajstić information content (AvgIpc) is 2.56. The molecule has 0 aliphatic carbocycles. The summed E-state index contributed by atoms with van der Waals surface area (Å²) in [6, 6.07) is 6.39. The van der Waals surface area contributed by atoms with Crippen molar-refractivity contribution < 1.29 is 13.6 Å². The summed E-state index contributed by atoms with van der Waals surface area (Å²) < 4.78 is 27.5. The van der Waals surface area contributed by atoms with Gasteiger partial charge in [-0.3, -0.25) is 14.7 Å². The number of amides is 1. The van der Waals surface area contributed by atoms with Gasteiger partial charge in [-0.1, -0.05) is 18.2 Å². The van der Waals surface area contributed by atoms with E-state index in [0.29, 0.717) is 12.1 Å². The van der Waals surface area contributed by atoms with Gasteiger partial charge in [0.2, 0.25) is 5.91 Å². The van der Waals surface area contributed by atoms with Gasteiger partial charge in [-0.2, -0.15) is 0 Å². The Bertz CT molecular complexity index is 707. The van der Waals surface area contributed by atoms with Gasteiger partial charge in [0.1, 0.15) is 11.6 Å². The molecule has 1 aromatic heterocycles. The van der Waals surface area contributed by atoms with Crippen LogP contribution in [0.4, 0.5) is 8.78 Å². The highest BCUT2D eigenvalue weighted by Gasteiger charge is 2.24. The Morgan fingerprint density at radius 3 is 2.83 bits per heavy atom. The highest BCUT2D eigenvalue weighted by atomic mass is 19.1. The molecule has 0 bridgehead atoms. The zero-order valence-corrected chi connectivity index (χ0v) is 13.4. The fourth-order valence-electron chi connectivity index (χ4n) is 2.49. The molecule has 0 radical (unpaired) electrons. The number of nitrogens with one attached hydrogen (secondary N) is 1. The fraction of sp³-hybridized carbons (Fsp3) is 0.222. The molecule has 1 aromatic carbocycles. The Hall–Kier alpha value is -2.60. The average molecular weight is 331 g/mol. The third-order valence-corrected chi connectivity index (χ3v) is 3.53. The van der Waals surface area contributed by atoms with Crippen LogP contribution in [0.3, 0.4) is 0 Å². The number of carbonyl (C=O) groups excluding carboxylic acids is 1. The normalized spacial score (nSPS) is 12.0. The zero-order valence-electron chi connectivity index (χ0n) is 13.4. The fourth-order valence-corrected chi connectivity index (χ4v) is 2.49. The van der Waals surface area contributed by atoms with Crippen LogP contribution in [0.15, 0.2) is 55.4 Å². The first-order chi connectivity index (χ1) is 11.5. The maximum atomic E-state index is 14.3. The SMILES string of the molecule is C=CCNC(=O)CN(C)C(c1cccnc1)c1ccc(F)cc1F. The molecule has 4 nitrogen and oxygen atoms in total. The molecule has 6 heteroatoms. The van der Waals surface area contributed by atoms with Crippen molar-refractivity contribution in [3.8, 4) is 0 Å². The zero-order chi connectivity index (χ0) is 17.5. The van der Waals surface area contributed by atoms with E-state index >= 15 is 0 Å². The van der Waals surface area contributed by atoms with Crippen molar-refractivity contribution >= 4 is 5.91 Å². The Kier molecular flexibility index (Phi) is 6.14. The first kappa shape index (κ1) is 17.7. The maximum Gasteiger partial charge on any atom is 0.234 e. The van der Waals surface area contributed by atoms with Crippen LogP contribution >= 0.6 is 0 Å². The maximum absolute atomic E-state index is 14.3. The molecule has 0 saturated heterocycles. The van der Waals surface area contributed by atoms with Crippen molar-refractivity contribution in [2.45, 2.75) is 6.04 Å². The third-order valence-electron chi connectivity index (χ3n) is 3.53. The van der Waals surface area contributed by atoms with E-state index in [0.717, 1.165) is 6.07 Å². The van der Waals surface area contributed by atoms with E-state index < -0.39 is 17.7 Å². The number of likely N-dealkylation sites (N-methyl/N-ethyl adjacent to an activating group) is 1. The molecule has 2 rings (SSSR count). The minimum atomic E-state index is -0.665. The van der Waals surface area contributed by atoms with Crippen LogP contribution < -0.4 is 5.32 Å². The summed E-state index contributed by atoms with van der Waals surface area (Å²) in [6.45, 7) is 3.94. The van der Waals surface area contributed by atoms with Crippen molar-refractivity contribution in [1.82, 2.24) is 15.2 Å². The van der Waals surface area contributed by atoms with E-state index in [4.69, 9.17) is 0 Å². The Morgan fingerprint density at radius 1 is 1.42 bits per heavy atom. The summed E-state index contributed by atoms with van der Waals surface area (Å²) in [5, 5.41) is 2.68. The second-order valence-corrected chi connectivity index (χ2v) is 5.36. The lowest BCUT2D eigenvalue weighted by Gasteiger charge is -2.28.